The second-order valence-electron chi connectivity index (χ2n) is 6.04. The van der Waals surface area contributed by atoms with Gasteiger partial charge in [-0.3, -0.25) is 9.38 Å². The van der Waals surface area contributed by atoms with E-state index in [1.165, 1.54) is 17.7 Å². The van der Waals surface area contributed by atoms with Crippen molar-refractivity contribution in [2.75, 3.05) is 7.05 Å². The van der Waals surface area contributed by atoms with Gasteiger partial charge in [0.2, 0.25) is 0 Å². The normalized spacial score (nSPS) is 17.4. The molecule has 1 unspecified atom stereocenters. The summed E-state index contributed by atoms with van der Waals surface area (Å²) in [5.74, 6) is 0. The number of rotatable bonds is 3. The lowest BCUT2D eigenvalue weighted by Crippen LogP contribution is -2.23. The Morgan fingerprint density at radius 2 is 2.17 bits per heavy atom. The lowest BCUT2D eigenvalue weighted by molar-refractivity contribution is 0.481. The third-order valence-corrected chi connectivity index (χ3v) is 5.41. The summed E-state index contributed by atoms with van der Waals surface area (Å²) in [4.78, 5) is 9.66. The highest BCUT2D eigenvalue weighted by Crippen LogP contribution is 2.29. The average Bonchev–Trinajstić information content (AvgIpc) is 2.90. The first-order valence-corrected chi connectivity index (χ1v) is 8.83. The number of aromatic nitrogens is 3. The molecule has 0 fully saturated rings. The van der Waals surface area contributed by atoms with Gasteiger partial charge in [0.05, 0.1) is 11.4 Å². The fraction of sp³-hybridized carbons (Fsp3) is 0.333. The fourth-order valence-corrected chi connectivity index (χ4v) is 3.90. The molecule has 0 spiro atoms. The molecule has 0 aromatic carbocycles. The van der Waals surface area contributed by atoms with Crippen molar-refractivity contribution in [3.05, 3.63) is 63.8 Å². The molecule has 0 radical (unpaired) electrons. The monoisotopic (exact) mass is 370 g/mol. The molecule has 3 heterocycles. The summed E-state index contributed by atoms with van der Waals surface area (Å²) in [6.45, 7) is 0. The van der Waals surface area contributed by atoms with Crippen LogP contribution in [0, 0.1) is 0 Å². The van der Waals surface area contributed by atoms with Crippen molar-refractivity contribution < 1.29 is 0 Å². The molecule has 118 valence electrons. The van der Waals surface area contributed by atoms with Crippen molar-refractivity contribution in [1.82, 2.24) is 19.7 Å². The first-order valence-electron chi connectivity index (χ1n) is 8.03. The van der Waals surface area contributed by atoms with Crippen molar-refractivity contribution in [1.29, 1.82) is 0 Å². The van der Waals surface area contributed by atoms with E-state index in [9.17, 15) is 0 Å². The molecular formula is C18H19BrN4. The zero-order chi connectivity index (χ0) is 15.8. The number of nitrogens with one attached hydrogen (secondary N) is 1. The quantitative estimate of drug-likeness (QED) is 0.764. The summed E-state index contributed by atoms with van der Waals surface area (Å²) < 4.78 is 3.07. The van der Waals surface area contributed by atoms with Crippen LogP contribution in [0.3, 0.4) is 0 Å². The largest absolute Gasteiger partial charge is 0.312 e. The first-order chi connectivity index (χ1) is 11.3. The predicted octanol–water partition coefficient (Wildman–Crippen LogP) is 3.68. The lowest BCUT2D eigenvalue weighted by Gasteiger charge is -2.24. The zero-order valence-corrected chi connectivity index (χ0v) is 14.7. The molecule has 0 saturated carbocycles. The van der Waals surface area contributed by atoms with Crippen LogP contribution in [-0.2, 0) is 12.8 Å². The summed E-state index contributed by atoms with van der Waals surface area (Å²) >= 11 is 3.67. The smallest absolute Gasteiger partial charge is 0.137 e. The highest BCUT2D eigenvalue weighted by molar-refractivity contribution is 9.10. The van der Waals surface area contributed by atoms with Crippen LogP contribution in [0.15, 0.2) is 41.1 Å². The van der Waals surface area contributed by atoms with Crippen molar-refractivity contribution in [2.45, 2.75) is 31.7 Å². The molecule has 0 aliphatic heterocycles. The number of nitrogens with zero attached hydrogens (tertiary/aromatic N) is 3. The van der Waals surface area contributed by atoms with Gasteiger partial charge in [-0.1, -0.05) is 12.1 Å². The molecule has 4 nitrogen and oxygen atoms in total. The van der Waals surface area contributed by atoms with Gasteiger partial charge in [0.1, 0.15) is 10.3 Å². The summed E-state index contributed by atoms with van der Waals surface area (Å²) in [6.07, 6.45) is 6.30. The van der Waals surface area contributed by atoms with E-state index in [2.05, 4.69) is 37.8 Å². The number of aryl methyl sites for hydroxylation is 1. The molecule has 0 amide bonds. The Labute approximate surface area is 144 Å². The van der Waals surface area contributed by atoms with Gasteiger partial charge in [0.25, 0.3) is 0 Å². The van der Waals surface area contributed by atoms with Crippen molar-refractivity contribution in [2.24, 2.45) is 0 Å². The third kappa shape index (κ3) is 2.68. The molecule has 0 bridgehead atoms. The third-order valence-electron chi connectivity index (χ3n) is 4.57. The van der Waals surface area contributed by atoms with Gasteiger partial charge in [0.15, 0.2) is 0 Å². The van der Waals surface area contributed by atoms with E-state index in [-0.39, 0.29) is 0 Å². The number of hydrogen-bond donors (Lipinski definition) is 1. The van der Waals surface area contributed by atoms with Gasteiger partial charge < -0.3 is 5.32 Å². The van der Waals surface area contributed by atoms with Crippen LogP contribution in [0.5, 0.6) is 0 Å². The second kappa shape index (κ2) is 6.06. The van der Waals surface area contributed by atoms with E-state index in [0.29, 0.717) is 6.04 Å². The Balaban J connectivity index is 1.69. The van der Waals surface area contributed by atoms with E-state index in [1.54, 1.807) is 0 Å². The molecule has 3 aromatic rings. The zero-order valence-electron chi connectivity index (χ0n) is 13.1. The summed E-state index contributed by atoms with van der Waals surface area (Å²) in [5.41, 5.74) is 5.67. The van der Waals surface area contributed by atoms with Crippen LogP contribution >= 0.6 is 15.9 Å². The highest BCUT2D eigenvalue weighted by Gasteiger charge is 2.21. The Hall–Kier alpha value is -1.72. The molecule has 1 atom stereocenters. The number of imidazole rings is 1. The van der Waals surface area contributed by atoms with Gasteiger partial charge in [-0.05, 0) is 66.0 Å². The number of halogens is 1. The number of fused-ring (bicyclic) bond motifs is 2. The van der Waals surface area contributed by atoms with Crippen LogP contribution in [-0.4, -0.2) is 21.4 Å². The molecule has 3 aromatic heterocycles. The highest BCUT2D eigenvalue weighted by atomic mass is 79.9. The molecule has 23 heavy (non-hydrogen) atoms. The summed E-state index contributed by atoms with van der Waals surface area (Å²) in [5, 5.41) is 3.39. The van der Waals surface area contributed by atoms with E-state index >= 15 is 0 Å². The van der Waals surface area contributed by atoms with Gasteiger partial charge in [-0.15, -0.1) is 0 Å². The van der Waals surface area contributed by atoms with Crippen LogP contribution in [0.4, 0.5) is 0 Å². The molecule has 4 rings (SSSR count). The van der Waals surface area contributed by atoms with Crippen LogP contribution in [0.25, 0.3) is 5.65 Å². The minimum atomic E-state index is 0.378. The van der Waals surface area contributed by atoms with E-state index in [1.807, 2.05) is 31.4 Å². The van der Waals surface area contributed by atoms with Gasteiger partial charge in [0, 0.05) is 24.4 Å². The maximum Gasteiger partial charge on any atom is 0.137 e. The van der Waals surface area contributed by atoms with Crippen LogP contribution in [0.2, 0.25) is 0 Å². The topological polar surface area (TPSA) is 42.2 Å². The van der Waals surface area contributed by atoms with Gasteiger partial charge in [-0.2, -0.15) is 0 Å². The Kier molecular flexibility index (Phi) is 3.91. The minimum absolute atomic E-state index is 0.378. The minimum Gasteiger partial charge on any atom is -0.312 e. The summed E-state index contributed by atoms with van der Waals surface area (Å²) in [6, 6.07) is 10.8. The second-order valence-corrected chi connectivity index (χ2v) is 6.79. The molecule has 1 aliphatic rings. The first kappa shape index (κ1) is 14.8. The molecule has 0 saturated heterocycles. The number of pyridine rings is 2. The van der Waals surface area contributed by atoms with Gasteiger partial charge in [-0.25, -0.2) is 4.98 Å². The Morgan fingerprint density at radius 1 is 1.26 bits per heavy atom. The van der Waals surface area contributed by atoms with Crippen LogP contribution < -0.4 is 5.32 Å². The molecule has 1 aliphatic carbocycles. The van der Waals surface area contributed by atoms with Gasteiger partial charge >= 0.3 is 0 Å². The van der Waals surface area contributed by atoms with E-state index in [0.717, 1.165) is 40.9 Å². The van der Waals surface area contributed by atoms with E-state index < -0.39 is 0 Å². The molecular weight excluding hydrogens is 352 g/mol. The number of hydrogen-bond acceptors (Lipinski definition) is 3. The summed E-state index contributed by atoms with van der Waals surface area (Å²) in [7, 11) is 2.02. The predicted molar refractivity (Wildman–Crippen MR) is 94.7 cm³/mol. The SMILES string of the molecule is CNC1CCCc2ccc(Cc3nc4ccccn4c3Br)nc21. The van der Waals surface area contributed by atoms with Crippen molar-refractivity contribution in [3.8, 4) is 0 Å². The lowest BCUT2D eigenvalue weighted by atomic mass is 9.91. The van der Waals surface area contributed by atoms with Crippen molar-refractivity contribution >= 4 is 21.6 Å². The van der Waals surface area contributed by atoms with Crippen molar-refractivity contribution in [3.63, 3.8) is 0 Å². The molecule has 1 N–H and O–H groups in total. The maximum atomic E-state index is 4.94. The van der Waals surface area contributed by atoms with Crippen LogP contribution in [0.1, 0.15) is 41.5 Å². The van der Waals surface area contributed by atoms with E-state index in [4.69, 9.17) is 9.97 Å². The molecule has 5 heteroatoms. The Bertz CT molecular complexity index is 855. The standard InChI is InChI=1S/C18H19BrN4/c1-20-14-6-4-5-12-8-9-13(21-17(12)14)11-15-18(19)23-10-3-2-7-16(23)22-15/h2-3,7-10,14,20H,4-6,11H2,1H3. The average molecular weight is 371 g/mol. The fourth-order valence-electron chi connectivity index (χ4n) is 3.37. The Morgan fingerprint density at radius 3 is 3.00 bits per heavy atom. The maximum absolute atomic E-state index is 4.94.